The molecule has 1 saturated carbocycles. The van der Waals surface area contributed by atoms with Gasteiger partial charge < -0.3 is 0 Å². The first-order chi connectivity index (χ1) is 6.97. The Bertz CT molecular complexity index is 333. The Kier molecular flexibility index (Phi) is 2.13. The molecule has 0 aromatic carbocycles. The summed E-state index contributed by atoms with van der Waals surface area (Å²) in [4.78, 5) is 0. The average Bonchev–Trinajstić information content (AvgIpc) is 2.62. The van der Waals surface area contributed by atoms with Crippen LogP contribution < -0.4 is 0 Å². The van der Waals surface area contributed by atoms with Crippen molar-refractivity contribution in [3.05, 3.63) is 9.67 Å². The number of ether oxygens (including phenoxy) is 2. The van der Waals surface area contributed by atoms with Gasteiger partial charge in [-0.1, -0.05) is 0 Å². The van der Waals surface area contributed by atoms with E-state index in [4.69, 9.17) is 9.47 Å². The van der Waals surface area contributed by atoms with Crippen molar-refractivity contribution in [3.8, 4) is 0 Å². The molecule has 1 spiro atoms. The molecule has 3 heteroatoms. The van der Waals surface area contributed by atoms with Crippen LogP contribution in [0.15, 0.2) is 9.67 Å². The quantitative estimate of drug-likeness (QED) is 0.637. The summed E-state index contributed by atoms with van der Waals surface area (Å²) in [6, 6.07) is 0. The van der Waals surface area contributed by atoms with Crippen LogP contribution in [-0.4, -0.2) is 41.5 Å². The van der Waals surface area contributed by atoms with Gasteiger partial charge in [-0.05, 0) is 0 Å². The first-order valence-corrected chi connectivity index (χ1v) is 7.11. The Hall–Kier alpha value is 0.459. The van der Waals surface area contributed by atoms with E-state index in [1.165, 1.54) is 6.42 Å². The van der Waals surface area contributed by atoms with Gasteiger partial charge in [0.05, 0.1) is 0 Å². The molecule has 0 N–H and O–H groups in total. The summed E-state index contributed by atoms with van der Waals surface area (Å²) < 4.78 is 13.3. The van der Waals surface area contributed by atoms with Crippen LogP contribution in [-0.2, 0) is 9.47 Å². The van der Waals surface area contributed by atoms with Gasteiger partial charge in [-0.3, -0.25) is 0 Å². The zero-order valence-electron chi connectivity index (χ0n) is 9.43. The van der Waals surface area contributed by atoms with Crippen molar-refractivity contribution < 1.29 is 9.47 Å². The monoisotopic (exact) mass is 313 g/mol. The van der Waals surface area contributed by atoms with Crippen molar-refractivity contribution >= 4 is 22.5 Å². The van der Waals surface area contributed by atoms with E-state index < -0.39 is 0 Å². The molecule has 2 aliphatic carbocycles. The summed E-state index contributed by atoms with van der Waals surface area (Å²) in [5.74, 6) is -0.239. The molecule has 81 valence electrons. The Labute approximate surface area is 104 Å². The molecule has 2 nitrogen and oxygen atoms in total. The van der Waals surface area contributed by atoms with Gasteiger partial charge in [0.1, 0.15) is 0 Å². The molecule has 0 aromatic rings. The van der Waals surface area contributed by atoms with Gasteiger partial charge in [0.25, 0.3) is 0 Å². The predicted octanol–water partition coefficient (Wildman–Crippen LogP) is 1.99. The van der Waals surface area contributed by atoms with Gasteiger partial charge in [0.2, 0.25) is 0 Å². The topological polar surface area (TPSA) is 18.5 Å². The average molecular weight is 312 g/mol. The summed E-state index contributed by atoms with van der Waals surface area (Å²) in [6.45, 7) is 6.34. The molecule has 0 bridgehead atoms. The fourth-order valence-corrected chi connectivity index (χ4v) is 5.70. The normalized spacial score (nSPS) is 47.3. The number of hydrogen-bond donors (Lipinski definition) is 0. The summed E-state index contributed by atoms with van der Waals surface area (Å²) in [5.41, 5.74) is 0.673. The Morgan fingerprint density at radius 2 is 1.87 bits per heavy atom. The first kappa shape index (κ1) is 10.6. The molecule has 1 heterocycles. The van der Waals surface area contributed by atoms with Crippen molar-refractivity contribution in [3.63, 3.8) is 0 Å². The van der Waals surface area contributed by atoms with Gasteiger partial charge in [0, 0.05) is 0 Å². The van der Waals surface area contributed by atoms with Crippen molar-refractivity contribution in [1.82, 2.24) is 0 Å². The molecule has 0 amide bonds. The second-order valence-electron chi connectivity index (χ2n) is 5.79. The van der Waals surface area contributed by atoms with E-state index in [0.717, 1.165) is 26.1 Å². The Balaban J connectivity index is 1.96. The maximum atomic E-state index is 5.86. The molecule has 2 unspecified atom stereocenters. The molecule has 2 fully saturated rings. The standard InChI is InChI=1S/C12H17O2.Sn/c1-10-4-3-5-11(10,2)9-12(8-10)13-6-7-14-12;/h4H,5-9H2,1-2H3;. The van der Waals surface area contributed by atoms with Crippen LogP contribution in [0.4, 0.5) is 0 Å². The van der Waals surface area contributed by atoms with Crippen LogP contribution in [0.5, 0.6) is 0 Å². The second-order valence-corrected chi connectivity index (χ2v) is 7.62. The van der Waals surface area contributed by atoms with Crippen LogP contribution in [0.25, 0.3) is 0 Å². The van der Waals surface area contributed by atoms with Crippen LogP contribution in [0.2, 0.25) is 0 Å². The van der Waals surface area contributed by atoms with Crippen molar-refractivity contribution in [2.75, 3.05) is 13.2 Å². The molecular weight excluding hydrogens is 295 g/mol. The fourth-order valence-electron chi connectivity index (χ4n) is 3.68. The molecule has 0 aromatic heterocycles. The minimum atomic E-state index is -0.239. The van der Waals surface area contributed by atoms with Gasteiger partial charge in [0.15, 0.2) is 0 Å². The van der Waals surface area contributed by atoms with E-state index in [2.05, 4.69) is 19.9 Å². The molecular formula is C12H17O2Sn. The van der Waals surface area contributed by atoms with E-state index >= 15 is 0 Å². The van der Waals surface area contributed by atoms with Crippen molar-refractivity contribution in [2.24, 2.45) is 10.8 Å². The molecule has 15 heavy (non-hydrogen) atoms. The minimum absolute atomic E-state index is 0.239. The first-order valence-electron chi connectivity index (χ1n) is 5.68. The molecule has 2 atom stereocenters. The van der Waals surface area contributed by atoms with Gasteiger partial charge >= 0.3 is 105 Å². The fraction of sp³-hybridized carbons (Fsp3) is 0.833. The van der Waals surface area contributed by atoms with Crippen LogP contribution >= 0.6 is 0 Å². The summed E-state index contributed by atoms with van der Waals surface area (Å²) in [6.07, 6.45) is 5.86. The van der Waals surface area contributed by atoms with Crippen molar-refractivity contribution in [2.45, 2.75) is 38.9 Å². The summed E-state index contributed by atoms with van der Waals surface area (Å²) in [5, 5.41) is 0. The molecule has 3 rings (SSSR count). The molecule has 3 radical (unpaired) electrons. The van der Waals surface area contributed by atoms with Gasteiger partial charge in [-0.15, -0.1) is 0 Å². The molecule has 1 aliphatic heterocycles. The third kappa shape index (κ3) is 1.37. The van der Waals surface area contributed by atoms with Crippen LogP contribution in [0.1, 0.15) is 33.1 Å². The summed E-state index contributed by atoms with van der Waals surface area (Å²) in [7, 11) is 0. The zero-order valence-corrected chi connectivity index (χ0v) is 12.3. The Morgan fingerprint density at radius 1 is 1.20 bits per heavy atom. The number of fused-ring (bicyclic) bond motifs is 1. The van der Waals surface area contributed by atoms with Gasteiger partial charge in [-0.2, -0.15) is 0 Å². The molecule has 3 aliphatic rings. The van der Waals surface area contributed by atoms with E-state index in [9.17, 15) is 0 Å². The van der Waals surface area contributed by atoms with E-state index in [1.807, 2.05) is 0 Å². The maximum absolute atomic E-state index is 5.86. The summed E-state index contributed by atoms with van der Waals surface area (Å²) >= 11 is 1.58. The zero-order chi connectivity index (χ0) is 10.7. The number of rotatable bonds is 0. The van der Waals surface area contributed by atoms with E-state index in [-0.39, 0.29) is 5.79 Å². The van der Waals surface area contributed by atoms with Crippen LogP contribution in [0, 0.1) is 10.8 Å². The third-order valence-corrected chi connectivity index (χ3v) is 5.48. The van der Waals surface area contributed by atoms with E-state index in [1.54, 1.807) is 26.1 Å². The van der Waals surface area contributed by atoms with E-state index in [0.29, 0.717) is 10.8 Å². The Morgan fingerprint density at radius 3 is 2.47 bits per heavy atom. The van der Waals surface area contributed by atoms with Crippen LogP contribution in [0.3, 0.4) is 0 Å². The van der Waals surface area contributed by atoms with Crippen molar-refractivity contribution in [1.29, 1.82) is 0 Å². The number of hydrogen-bond acceptors (Lipinski definition) is 2. The molecule has 1 saturated heterocycles. The van der Waals surface area contributed by atoms with Gasteiger partial charge in [-0.25, -0.2) is 0 Å². The predicted molar refractivity (Wildman–Crippen MR) is 58.5 cm³/mol. The third-order valence-electron chi connectivity index (χ3n) is 4.56. The second kappa shape index (κ2) is 3.02. The SMILES string of the molecule is CC12C=[C]([Sn])CC1(C)CC1(C2)OCCO1. The number of allylic oxidation sites excluding steroid dienone is 2.